The molecule has 102 valence electrons. The maximum Gasteiger partial charge on any atom is 0.249 e. The largest absolute Gasteiger partial charge is 0.313 e. The van der Waals surface area contributed by atoms with Crippen LogP contribution in [0.3, 0.4) is 0 Å². The molecule has 2 aromatic rings. The van der Waals surface area contributed by atoms with Crippen LogP contribution in [0.4, 0.5) is 10.8 Å². The van der Waals surface area contributed by atoms with Gasteiger partial charge in [-0.05, 0) is 12.1 Å². The average Bonchev–Trinajstić information content (AvgIpc) is 2.95. The minimum Gasteiger partial charge on any atom is -0.313 e. The topological polar surface area (TPSA) is 62.3 Å². The van der Waals surface area contributed by atoms with Gasteiger partial charge in [-0.25, -0.2) is 4.98 Å². The highest BCUT2D eigenvalue weighted by atomic mass is 32.2. The van der Waals surface area contributed by atoms with Crippen molar-refractivity contribution in [1.29, 1.82) is 0 Å². The Labute approximate surface area is 124 Å². The minimum atomic E-state index is -0.779. The van der Waals surface area contributed by atoms with Gasteiger partial charge < -0.3 is 10.2 Å². The van der Waals surface area contributed by atoms with Crippen molar-refractivity contribution in [2.24, 2.45) is 0 Å². The van der Waals surface area contributed by atoms with E-state index in [-0.39, 0.29) is 11.8 Å². The molecule has 0 bridgehead atoms. The lowest BCUT2D eigenvalue weighted by Gasteiger charge is -2.29. The standard InChI is InChI=1S/C13H11N3O2S2/c1-16-8-4-2-3-5-9(8)20-10(12(16)18)11(17)15-13-14-6-7-19-13/h2-7,10H,1H3,(H,14,15,17). The molecular formula is C13H11N3O2S2. The van der Waals surface area contributed by atoms with Gasteiger partial charge in [0.1, 0.15) is 0 Å². The number of hydrogen-bond acceptors (Lipinski definition) is 5. The Morgan fingerprint density at radius 2 is 2.20 bits per heavy atom. The molecule has 5 nitrogen and oxygen atoms in total. The molecule has 0 saturated heterocycles. The first-order chi connectivity index (χ1) is 9.66. The fourth-order valence-electron chi connectivity index (χ4n) is 1.93. The Morgan fingerprint density at radius 3 is 2.95 bits per heavy atom. The lowest BCUT2D eigenvalue weighted by Crippen LogP contribution is -2.44. The number of nitrogens with one attached hydrogen (secondary N) is 1. The predicted octanol–water partition coefficient (Wildman–Crippen LogP) is 2.22. The van der Waals surface area contributed by atoms with Gasteiger partial charge in [0.15, 0.2) is 10.4 Å². The quantitative estimate of drug-likeness (QED) is 0.864. The molecule has 1 aliphatic rings. The zero-order valence-electron chi connectivity index (χ0n) is 10.6. The van der Waals surface area contributed by atoms with Crippen LogP contribution in [0.2, 0.25) is 0 Å². The molecule has 1 aliphatic heterocycles. The summed E-state index contributed by atoms with van der Waals surface area (Å²) >= 11 is 2.60. The summed E-state index contributed by atoms with van der Waals surface area (Å²) in [7, 11) is 1.69. The number of fused-ring (bicyclic) bond motifs is 1. The fourth-order valence-corrected chi connectivity index (χ4v) is 3.62. The molecular weight excluding hydrogens is 294 g/mol. The molecule has 1 N–H and O–H groups in total. The summed E-state index contributed by atoms with van der Waals surface area (Å²) in [6.45, 7) is 0. The summed E-state index contributed by atoms with van der Waals surface area (Å²) in [5.41, 5.74) is 0.834. The number of benzene rings is 1. The Morgan fingerprint density at radius 1 is 1.40 bits per heavy atom. The summed E-state index contributed by atoms with van der Waals surface area (Å²) in [5.74, 6) is -0.556. The monoisotopic (exact) mass is 305 g/mol. The van der Waals surface area contributed by atoms with Gasteiger partial charge >= 0.3 is 0 Å². The molecule has 0 spiro atoms. The summed E-state index contributed by atoms with van der Waals surface area (Å²) in [4.78, 5) is 30.9. The van der Waals surface area contributed by atoms with Crippen molar-refractivity contribution >= 4 is 45.7 Å². The summed E-state index contributed by atoms with van der Waals surface area (Å²) < 4.78 is 0. The normalized spacial score (nSPS) is 17.8. The Kier molecular flexibility index (Phi) is 3.45. The van der Waals surface area contributed by atoms with Crippen LogP contribution < -0.4 is 10.2 Å². The van der Waals surface area contributed by atoms with Gasteiger partial charge in [0.2, 0.25) is 11.8 Å². The maximum atomic E-state index is 12.3. The van der Waals surface area contributed by atoms with Crippen LogP contribution in [0.1, 0.15) is 0 Å². The van der Waals surface area contributed by atoms with Gasteiger partial charge in [0.25, 0.3) is 0 Å². The molecule has 1 atom stereocenters. The van der Waals surface area contributed by atoms with Crippen molar-refractivity contribution in [3.8, 4) is 0 Å². The Hall–Kier alpha value is -1.86. The minimum absolute atomic E-state index is 0.220. The number of aromatic nitrogens is 1. The van der Waals surface area contributed by atoms with Gasteiger partial charge in [-0.1, -0.05) is 12.1 Å². The number of thioether (sulfide) groups is 1. The lowest BCUT2D eigenvalue weighted by atomic mass is 10.2. The lowest BCUT2D eigenvalue weighted by molar-refractivity contribution is -0.124. The highest BCUT2D eigenvalue weighted by molar-refractivity contribution is 8.01. The number of rotatable bonds is 2. The van der Waals surface area contributed by atoms with Crippen molar-refractivity contribution in [2.45, 2.75) is 10.1 Å². The first kappa shape index (κ1) is 13.1. The average molecular weight is 305 g/mol. The molecule has 0 fully saturated rings. The molecule has 1 unspecified atom stereocenters. The van der Waals surface area contributed by atoms with E-state index in [1.807, 2.05) is 24.3 Å². The van der Waals surface area contributed by atoms with Crippen molar-refractivity contribution in [3.63, 3.8) is 0 Å². The molecule has 1 aromatic carbocycles. The van der Waals surface area contributed by atoms with Gasteiger partial charge in [-0.2, -0.15) is 0 Å². The number of amides is 2. The second kappa shape index (κ2) is 5.26. The zero-order chi connectivity index (χ0) is 14.1. The first-order valence-corrected chi connectivity index (χ1v) is 7.66. The van der Waals surface area contributed by atoms with E-state index in [1.54, 1.807) is 18.6 Å². The van der Waals surface area contributed by atoms with E-state index >= 15 is 0 Å². The molecule has 0 aliphatic carbocycles. The highest BCUT2D eigenvalue weighted by Gasteiger charge is 2.36. The van der Waals surface area contributed by atoms with Crippen LogP contribution in [0.25, 0.3) is 0 Å². The van der Waals surface area contributed by atoms with Crippen LogP contribution in [-0.4, -0.2) is 29.1 Å². The molecule has 0 saturated carbocycles. The van der Waals surface area contributed by atoms with Crippen molar-refractivity contribution in [1.82, 2.24) is 4.98 Å². The van der Waals surface area contributed by atoms with E-state index in [2.05, 4.69) is 10.3 Å². The van der Waals surface area contributed by atoms with Crippen molar-refractivity contribution < 1.29 is 9.59 Å². The van der Waals surface area contributed by atoms with E-state index < -0.39 is 5.25 Å². The first-order valence-electron chi connectivity index (χ1n) is 5.90. The number of carbonyl (C=O) groups is 2. The molecule has 0 radical (unpaired) electrons. The van der Waals surface area contributed by atoms with E-state index in [1.165, 1.54) is 28.0 Å². The second-order valence-corrected chi connectivity index (χ2v) is 6.23. The Balaban J connectivity index is 1.85. The van der Waals surface area contributed by atoms with E-state index in [0.29, 0.717) is 5.13 Å². The fraction of sp³-hybridized carbons (Fsp3) is 0.154. The molecule has 2 heterocycles. The third-order valence-corrected chi connectivity index (χ3v) is 4.87. The highest BCUT2D eigenvalue weighted by Crippen LogP contribution is 2.38. The number of anilines is 2. The van der Waals surface area contributed by atoms with Gasteiger partial charge in [-0.15, -0.1) is 23.1 Å². The van der Waals surface area contributed by atoms with Crippen molar-refractivity contribution in [3.05, 3.63) is 35.8 Å². The van der Waals surface area contributed by atoms with Gasteiger partial charge in [0, 0.05) is 23.5 Å². The van der Waals surface area contributed by atoms with Crippen LogP contribution in [0, 0.1) is 0 Å². The summed E-state index contributed by atoms with van der Waals surface area (Å²) in [5, 5.41) is 4.17. The van der Waals surface area contributed by atoms with Crippen molar-refractivity contribution in [2.75, 3.05) is 17.3 Å². The number of hydrogen-bond donors (Lipinski definition) is 1. The third-order valence-electron chi connectivity index (χ3n) is 2.93. The SMILES string of the molecule is CN1C(=O)C(C(=O)Nc2nccs2)Sc2ccccc21. The Bertz CT molecular complexity index is 657. The van der Waals surface area contributed by atoms with Crippen LogP contribution in [-0.2, 0) is 9.59 Å². The van der Waals surface area contributed by atoms with Crippen LogP contribution in [0.15, 0.2) is 40.7 Å². The number of thiazole rings is 1. The molecule has 20 heavy (non-hydrogen) atoms. The van der Waals surface area contributed by atoms with Gasteiger partial charge in [0.05, 0.1) is 5.69 Å². The van der Waals surface area contributed by atoms with E-state index in [4.69, 9.17) is 0 Å². The van der Waals surface area contributed by atoms with Gasteiger partial charge in [-0.3, -0.25) is 9.59 Å². The molecule has 2 amide bonds. The maximum absolute atomic E-state index is 12.3. The second-order valence-electron chi connectivity index (χ2n) is 4.19. The zero-order valence-corrected chi connectivity index (χ0v) is 12.2. The van der Waals surface area contributed by atoms with E-state index in [0.717, 1.165) is 10.6 Å². The summed E-state index contributed by atoms with van der Waals surface area (Å²) in [6.07, 6.45) is 1.61. The smallest absolute Gasteiger partial charge is 0.249 e. The number of para-hydroxylation sites is 1. The number of nitrogens with zero attached hydrogens (tertiary/aromatic N) is 2. The predicted molar refractivity (Wildman–Crippen MR) is 80.2 cm³/mol. The molecule has 7 heteroatoms. The third kappa shape index (κ3) is 2.30. The summed E-state index contributed by atoms with van der Waals surface area (Å²) in [6, 6.07) is 7.55. The molecule has 3 rings (SSSR count). The van der Waals surface area contributed by atoms with Crippen LogP contribution in [0.5, 0.6) is 0 Å². The number of carbonyl (C=O) groups excluding carboxylic acids is 2. The van der Waals surface area contributed by atoms with Crippen LogP contribution >= 0.6 is 23.1 Å². The van der Waals surface area contributed by atoms with E-state index in [9.17, 15) is 9.59 Å². The molecule has 1 aromatic heterocycles.